The zero-order valence-corrected chi connectivity index (χ0v) is 15.9. The third-order valence-electron chi connectivity index (χ3n) is 3.75. The average molecular weight is 418 g/mol. The summed E-state index contributed by atoms with van der Waals surface area (Å²) in [4.78, 5) is 24.1. The Hall–Kier alpha value is -1.90. The van der Waals surface area contributed by atoms with Gasteiger partial charge in [-0.2, -0.15) is 4.39 Å². The third-order valence-corrected chi connectivity index (χ3v) is 4.20. The summed E-state index contributed by atoms with van der Waals surface area (Å²) in [6.07, 6.45) is 0.695. The van der Waals surface area contributed by atoms with Crippen LogP contribution in [0.1, 0.15) is 33.6 Å². The lowest BCUT2D eigenvalue weighted by molar-refractivity contribution is -0.386. The second-order valence-electron chi connectivity index (χ2n) is 6.92. The van der Waals surface area contributed by atoms with Gasteiger partial charge in [0.1, 0.15) is 11.3 Å². The highest BCUT2D eigenvalue weighted by molar-refractivity contribution is 9.10. The smallest absolute Gasteiger partial charge is 0.407 e. The Bertz CT molecular complexity index is 670. The van der Waals surface area contributed by atoms with Crippen molar-refractivity contribution >= 4 is 33.4 Å². The Morgan fingerprint density at radius 3 is 2.52 bits per heavy atom. The topological polar surface area (TPSA) is 84.7 Å². The molecule has 1 aliphatic rings. The minimum Gasteiger partial charge on any atom is -0.444 e. The van der Waals surface area contributed by atoms with Crippen LogP contribution < -0.4 is 10.2 Å². The lowest BCUT2D eigenvalue weighted by Crippen LogP contribution is -2.46. The quantitative estimate of drug-likeness (QED) is 0.593. The monoisotopic (exact) mass is 417 g/mol. The molecule has 9 heteroatoms. The number of nitrogens with zero attached hydrogens (tertiary/aromatic N) is 2. The van der Waals surface area contributed by atoms with Crippen LogP contribution >= 0.6 is 15.9 Å². The number of nitro groups is 1. The number of nitro benzene ring substituents is 1. The van der Waals surface area contributed by atoms with E-state index >= 15 is 0 Å². The number of benzene rings is 1. The highest BCUT2D eigenvalue weighted by atomic mass is 79.9. The van der Waals surface area contributed by atoms with Gasteiger partial charge in [0, 0.05) is 23.6 Å². The molecule has 1 fully saturated rings. The van der Waals surface area contributed by atoms with Crippen LogP contribution in [-0.2, 0) is 4.74 Å². The van der Waals surface area contributed by atoms with Crippen LogP contribution in [-0.4, -0.2) is 35.7 Å². The van der Waals surface area contributed by atoms with Gasteiger partial charge in [-0.1, -0.05) is 15.9 Å². The normalized spacial score (nSPS) is 15.8. The standard InChI is InChI=1S/C16H21BrFN3O4/c1-16(2,3)25-15(22)19-11-4-6-20(7-5-11)13-9-10(17)8-12(18)14(13)21(23)24/h8-9,11H,4-7H2,1-3H3,(H,19,22). The number of ether oxygens (including phenoxy) is 1. The summed E-state index contributed by atoms with van der Waals surface area (Å²) in [5.41, 5.74) is -0.853. The molecular formula is C16H21BrFN3O4. The highest BCUT2D eigenvalue weighted by Gasteiger charge is 2.29. The summed E-state index contributed by atoms with van der Waals surface area (Å²) in [6.45, 7) is 6.30. The number of carbonyl (C=O) groups is 1. The van der Waals surface area contributed by atoms with Gasteiger partial charge in [-0.3, -0.25) is 10.1 Å². The van der Waals surface area contributed by atoms with Gasteiger partial charge < -0.3 is 15.0 Å². The second-order valence-corrected chi connectivity index (χ2v) is 7.84. The molecule has 0 radical (unpaired) electrons. The second kappa shape index (κ2) is 7.55. The van der Waals surface area contributed by atoms with E-state index in [0.29, 0.717) is 30.4 Å². The van der Waals surface area contributed by atoms with E-state index in [0.717, 1.165) is 6.07 Å². The molecule has 7 nitrogen and oxygen atoms in total. The number of amides is 1. The Morgan fingerprint density at radius 2 is 2.00 bits per heavy atom. The summed E-state index contributed by atoms with van der Waals surface area (Å²) in [5, 5.41) is 14.0. The van der Waals surface area contributed by atoms with Crippen molar-refractivity contribution in [3.05, 3.63) is 32.5 Å². The summed E-state index contributed by atoms with van der Waals surface area (Å²) < 4.78 is 19.6. The van der Waals surface area contributed by atoms with E-state index in [4.69, 9.17) is 4.74 Å². The van der Waals surface area contributed by atoms with Gasteiger partial charge in [0.25, 0.3) is 0 Å². The lowest BCUT2D eigenvalue weighted by Gasteiger charge is -2.34. The zero-order chi connectivity index (χ0) is 18.8. The molecule has 0 spiro atoms. The third kappa shape index (κ3) is 5.29. The largest absolute Gasteiger partial charge is 0.444 e. The number of anilines is 1. The first-order valence-corrected chi connectivity index (χ1v) is 8.74. The van der Waals surface area contributed by atoms with Crippen molar-refractivity contribution in [1.82, 2.24) is 5.32 Å². The highest BCUT2D eigenvalue weighted by Crippen LogP contribution is 2.35. The van der Waals surface area contributed by atoms with E-state index < -0.39 is 28.1 Å². The van der Waals surface area contributed by atoms with Crippen LogP contribution in [0.4, 0.5) is 20.6 Å². The van der Waals surface area contributed by atoms with E-state index in [1.54, 1.807) is 31.7 Å². The summed E-state index contributed by atoms with van der Waals surface area (Å²) in [7, 11) is 0. The Balaban J connectivity index is 2.03. The first kappa shape index (κ1) is 19.4. The molecule has 1 heterocycles. The first-order valence-electron chi connectivity index (χ1n) is 7.95. The molecule has 1 amide bonds. The van der Waals surface area contributed by atoms with Crippen molar-refractivity contribution in [2.75, 3.05) is 18.0 Å². The maximum atomic E-state index is 14.0. The fourth-order valence-corrected chi connectivity index (χ4v) is 3.13. The fourth-order valence-electron chi connectivity index (χ4n) is 2.71. The molecular weight excluding hydrogens is 397 g/mol. The average Bonchev–Trinajstić information content (AvgIpc) is 2.44. The van der Waals surface area contributed by atoms with Gasteiger partial charge in [0.15, 0.2) is 0 Å². The zero-order valence-electron chi connectivity index (χ0n) is 14.3. The van der Waals surface area contributed by atoms with Gasteiger partial charge in [0.2, 0.25) is 5.82 Å². The van der Waals surface area contributed by atoms with Gasteiger partial charge in [-0.25, -0.2) is 4.79 Å². The van der Waals surface area contributed by atoms with Crippen LogP contribution in [0, 0.1) is 15.9 Å². The number of piperidine rings is 1. The molecule has 0 bridgehead atoms. The molecule has 1 aliphatic heterocycles. The van der Waals surface area contributed by atoms with Crippen LogP contribution in [0.2, 0.25) is 0 Å². The van der Waals surface area contributed by atoms with Gasteiger partial charge >= 0.3 is 11.8 Å². The molecule has 25 heavy (non-hydrogen) atoms. The minimum atomic E-state index is -0.872. The number of rotatable bonds is 3. The molecule has 0 atom stereocenters. The van der Waals surface area contributed by atoms with Crippen molar-refractivity contribution in [3.63, 3.8) is 0 Å². The molecule has 1 aromatic rings. The van der Waals surface area contributed by atoms with Crippen LogP contribution in [0.25, 0.3) is 0 Å². The molecule has 138 valence electrons. The minimum absolute atomic E-state index is 0.0813. The molecule has 1 saturated heterocycles. The number of nitrogens with one attached hydrogen (secondary N) is 1. The maximum absolute atomic E-state index is 14.0. The molecule has 0 aliphatic carbocycles. The van der Waals surface area contributed by atoms with Crippen molar-refractivity contribution < 1.29 is 18.8 Å². The van der Waals surface area contributed by atoms with Crippen LogP contribution in [0.5, 0.6) is 0 Å². The lowest BCUT2D eigenvalue weighted by atomic mass is 10.0. The van der Waals surface area contributed by atoms with E-state index in [1.807, 2.05) is 0 Å². The Labute approximate surface area is 153 Å². The number of alkyl carbamates (subject to hydrolysis) is 1. The molecule has 1 aromatic carbocycles. The predicted molar refractivity (Wildman–Crippen MR) is 95.4 cm³/mol. The first-order chi connectivity index (χ1) is 11.6. The van der Waals surface area contributed by atoms with Crippen LogP contribution in [0.3, 0.4) is 0 Å². The fraction of sp³-hybridized carbons (Fsp3) is 0.562. The molecule has 0 aromatic heterocycles. The van der Waals surface area contributed by atoms with E-state index in [1.165, 1.54) is 0 Å². The number of hydrogen-bond acceptors (Lipinski definition) is 5. The molecule has 1 N–H and O–H groups in total. The summed E-state index contributed by atoms with van der Waals surface area (Å²) in [5.74, 6) is -0.872. The number of carbonyl (C=O) groups excluding carboxylic acids is 1. The number of halogens is 2. The van der Waals surface area contributed by atoms with E-state index in [2.05, 4.69) is 21.2 Å². The van der Waals surface area contributed by atoms with Crippen molar-refractivity contribution in [2.45, 2.75) is 45.3 Å². The van der Waals surface area contributed by atoms with Crippen molar-refractivity contribution in [3.8, 4) is 0 Å². The summed E-state index contributed by atoms with van der Waals surface area (Å²) in [6, 6.07) is 2.54. The molecule has 2 rings (SSSR count). The van der Waals surface area contributed by atoms with Crippen molar-refractivity contribution in [2.24, 2.45) is 0 Å². The SMILES string of the molecule is CC(C)(C)OC(=O)NC1CCN(c2cc(Br)cc(F)c2[N+](=O)[O-])CC1. The maximum Gasteiger partial charge on any atom is 0.407 e. The Morgan fingerprint density at radius 1 is 1.40 bits per heavy atom. The van der Waals surface area contributed by atoms with Gasteiger partial charge in [-0.15, -0.1) is 0 Å². The molecule has 0 unspecified atom stereocenters. The number of hydrogen-bond donors (Lipinski definition) is 1. The van der Waals surface area contributed by atoms with E-state index in [9.17, 15) is 19.3 Å². The molecule has 0 saturated carbocycles. The predicted octanol–water partition coefficient (Wildman–Crippen LogP) is 3.99. The van der Waals surface area contributed by atoms with Gasteiger partial charge in [0.05, 0.1) is 4.92 Å². The van der Waals surface area contributed by atoms with E-state index in [-0.39, 0.29) is 11.7 Å². The Kier molecular flexibility index (Phi) is 5.87. The van der Waals surface area contributed by atoms with Gasteiger partial charge in [-0.05, 0) is 45.7 Å². The van der Waals surface area contributed by atoms with Crippen LogP contribution in [0.15, 0.2) is 16.6 Å². The van der Waals surface area contributed by atoms with Crippen molar-refractivity contribution in [1.29, 1.82) is 0 Å². The summed E-state index contributed by atoms with van der Waals surface area (Å²) >= 11 is 3.17.